The van der Waals surface area contributed by atoms with E-state index in [2.05, 4.69) is 10.6 Å². The van der Waals surface area contributed by atoms with Gasteiger partial charge in [0.2, 0.25) is 0 Å². The van der Waals surface area contributed by atoms with E-state index in [9.17, 15) is 9.59 Å². The quantitative estimate of drug-likeness (QED) is 0.233. The highest BCUT2D eigenvalue weighted by molar-refractivity contribution is 8.00. The van der Waals surface area contributed by atoms with Gasteiger partial charge < -0.3 is 24.8 Å². The second kappa shape index (κ2) is 9.64. The third kappa shape index (κ3) is 6.34. The number of carbonyl (C=O) groups excluding carboxylic acids is 2. The number of carbonyl (C=O) groups is 2. The number of ether oxygens (including phenoxy) is 3. The molecule has 3 saturated heterocycles. The number of hydrogen-bond donors (Lipinski definition) is 2. The maximum Gasteiger partial charge on any atom is 0.315 e. The van der Waals surface area contributed by atoms with Gasteiger partial charge in [0.15, 0.2) is 0 Å². The molecule has 3 aliphatic heterocycles. The fourth-order valence-corrected chi connectivity index (χ4v) is 4.84. The molecule has 0 radical (unpaired) electrons. The van der Waals surface area contributed by atoms with Crippen LogP contribution < -0.4 is 10.6 Å². The molecule has 0 bridgehead atoms. The predicted molar refractivity (Wildman–Crippen MR) is 94.7 cm³/mol. The standard InChI is InChI=1S/C17H28N2O5S/c20-15(23-9-8-22-7-3-4-12-10-24-12)6-2-1-5-14-16-13(11-25-14)18-17(21)19-16/h12-14,16H,1-11H2,(H2,18,19,21)/t12?,13-,14-,16-/m0/s1. The summed E-state index contributed by atoms with van der Waals surface area (Å²) >= 11 is 1.91. The second-order valence-electron chi connectivity index (χ2n) is 6.80. The van der Waals surface area contributed by atoms with E-state index in [1.807, 2.05) is 11.8 Å². The Morgan fingerprint density at radius 3 is 2.88 bits per heavy atom. The molecule has 3 heterocycles. The highest BCUT2D eigenvalue weighted by Gasteiger charge is 2.42. The van der Waals surface area contributed by atoms with Crippen molar-refractivity contribution in [2.24, 2.45) is 0 Å². The van der Waals surface area contributed by atoms with E-state index in [4.69, 9.17) is 14.2 Å². The molecule has 3 fully saturated rings. The summed E-state index contributed by atoms with van der Waals surface area (Å²) in [5.41, 5.74) is 0. The largest absolute Gasteiger partial charge is 0.463 e. The van der Waals surface area contributed by atoms with Crippen molar-refractivity contribution in [3.63, 3.8) is 0 Å². The van der Waals surface area contributed by atoms with Crippen molar-refractivity contribution in [1.82, 2.24) is 10.6 Å². The highest BCUT2D eigenvalue weighted by atomic mass is 32.2. The number of unbranched alkanes of at least 4 members (excludes halogenated alkanes) is 1. The Balaban J connectivity index is 1.13. The van der Waals surface area contributed by atoms with Gasteiger partial charge in [-0.1, -0.05) is 6.42 Å². The molecule has 25 heavy (non-hydrogen) atoms. The van der Waals surface area contributed by atoms with Crippen molar-refractivity contribution in [1.29, 1.82) is 0 Å². The van der Waals surface area contributed by atoms with Crippen LogP contribution in [0.15, 0.2) is 0 Å². The van der Waals surface area contributed by atoms with Crippen LogP contribution in [0.1, 0.15) is 38.5 Å². The van der Waals surface area contributed by atoms with E-state index in [0.29, 0.717) is 37.6 Å². The topological polar surface area (TPSA) is 89.2 Å². The van der Waals surface area contributed by atoms with Gasteiger partial charge in [0.25, 0.3) is 0 Å². The van der Waals surface area contributed by atoms with Crippen molar-refractivity contribution in [2.45, 2.75) is 62.0 Å². The summed E-state index contributed by atoms with van der Waals surface area (Å²) in [6.45, 7) is 2.39. The van der Waals surface area contributed by atoms with Crippen molar-refractivity contribution < 1.29 is 23.8 Å². The van der Waals surface area contributed by atoms with Gasteiger partial charge >= 0.3 is 12.0 Å². The first-order valence-corrected chi connectivity index (χ1v) is 10.3. The minimum absolute atomic E-state index is 0.0491. The zero-order valence-electron chi connectivity index (χ0n) is 14.5. The number of thioether (sulfide) groups is 1. The molecular weight excluding hydrogens is 344 g/mol. The number of nitrogens with one attached hydrogen (secondary N) is 2. The van der Waals surface area contributed by atoms with Gasteiger partial charge in [-0.25, -0.2) is 4.79 Å². The van der Waals surface area contributed by atoms with Crippen LogP contribution in [0.3, 0.4) is 0 Å². The molecule has 0 saturated carbocycles. The average molecular weight is 372 g/mol. The Bertz CT molecular complexity index is 460. The zero-order valence-corrected chi connectivity index (χ0v) is 15.4. The summed E-state index contributed by atoms with van der Waals surface area (Å²) in [5.74, 6) is 0.826. The van der Waals surface area contributed by atoms with Gasteiger partial charge in [-0.05, 0) is 25.7 Å². The molecule has 2 N–H and O–H groups in total. The maximum atomic E-state index is 11.7. The number of urea groups is 1. The summed E-state index contributed by atoms with van der Waals surface area (Å²) < 4.78 is 15.7. The first-order chi connectivity index (χ1) is 12.2. The van der Waals surface area contributed by atoms with E-state index >= 15 is 0 Å². The Labute approximate surface area is 152 Å². The molecule has 0 aromatic heterocycles. The number of rotatable bonds is 12. The summed E-state index contributed by atoms with van der Waals surface area (Å²) in [5, 5.41) is 6.38. The van der Waals surface area contributed by atoms with Crippen molar-refractivity contribution in [3.05, 3.63) is 0 Å². The first-order valence-electron chi connectivity index (χ1n) is 9.26. The van der Waals surface area contributed by atoms with Crippen molar-refractivity contribution in [3.8, 4) is 0 Å². The van der Waals surface area contributed by atoms with Crippen molar-refractivity contribution in [2.75, 3.05) is 32.2 Å². The number of epoxide rings is 1. The smallest absolute Gasteiger partial charge is 0.315 e. The van der Waals surface area contributed by atoms with Crippen LogP contribution >= 0.6 is 11.8 Å². The van der Waals surface area contributed by atoms with Crippen LogP contribution in [0.25, 0.3) is 0 Å². The van der Waals surface area contributed by atoms with Crippen LogP contribution in [0.5, 0.6) is 0 Å². The van der Waals surface area contributed by atoms with Crippen LogP contribution in [0, 0.1) is 0 Å². The lowest BCUT2D eigenvalue weighted by molar-refractivity contribution is -0.145. The van der Waals surface area contributed by atoms with Gasteiger partial charge in [0.1, 0.15) is 6.61 Å². The van der Waals surface area contributed by atoms with Crippen LogP contribution in [0.2, 0.25) is 0 Å². The van der Waals surface area contributed by atoms with E-state index in [0.717, 1.165) is 44.5 Å². The molecule has 1 unspecified atom stereocenters. The van der Waals surface area contributed by atoms with Gasteiger partial charge in [0.05, 0.1) is 31.4 Å². The molecule has 0 spiro atoms. The third-order valence-electron chi connectivity index (χ3n) is 4.77. The SMILES string of the molecule is O=C1N[C@H]2[C@H](CS[C@H]2CCCCC(=O)OCCOCCCC2CO2)N1. The summed E-state index contributed by atoms with van der Waals surface area (Å²) in [6, 6.07) is 0.462. The summed E-state index contributed by atoms with van der Waals surface area (Å²) in [7, 11) is 0. The molecule has 3 rings (SSSR count). The molecule has 3 aliphatic rings. The molecule has 0 aromatic carbocycles. The average Bonchev–Trinajstić information content (AvgIpc) is 3.24. The van der Waals surface area contributed by atoms with Crippen LogP contribution in [-0.4, -0.2) is 67.6 Å². The Kier molecular flexibility index (Phi) is 7.24. The Morgan fingerprint density at radius 1 is 1.16 bits per heavy atom. The fraction of sp³-hybridized carbons (Fsp3) is 0.882. The van der Waals surface area contributed by atoms with E-state index in [1.54, 1.807) is 0 Å². The Morgan fingerprint density at radius 2 is 2.04 bits per heavy atom. The monoisotopic (exact) mass is 372 g/mol. The molecule has 2 amide bonds. The lowest BCUT2D eigenvalue weighted by Gasteiger charge is -2.16. The third-order valence-corrected chi connectivity index (χ3v) is 6.27. The fourth-order valence-electron chi connectivity index (χ4n) is 3.29. The second-order valence-corrected chi connectivity index (χ2v) is 8.07. The molecule has 7 nitrogen and oxygen atoms in total. The number of fused-ring (bicyclic) bond motifs is 1. The lowest BCUT2D eigenvalue weighted by atomic mass is 10.0. The minimum Gasteiger partial charge on any atom is -0.463 e. The zero-order chi connectivity index (χ0) is 17.5. The molecule has 0 aliphatic carbocycles. The van der Waals surface area contributed by atoms with E-state index in [-0.39, 0.29) is 24.1 Å². The molecule has 4 atom stereocenters. The van der Waals surface area contributed by atoms with E-state index in [1.165, 1.54) is 0 Å². The molecule has 142 valence electrons. The normalized spacial score (nSPS) is 29.8. The summed E-state index contributed by atoms with van der Waals surface area (Å²) in [4.78, 5) is 23.0. The van der Waals surface area contributed by atoms with Gasteiger partial charge in [0, 0.05) is 24.0 Å². The molecule has 8 heteroatoms. The van der Waals surface area contributed by atoms with Gasteiger partial charge in [-0.3, -0.25) is 4.79 Å². The maximum absolute atomic E-state index is 11.7. The summed E-state index contributed by atoms with van der Waals surface area (Å²) in [6.07, 6.45) is 5.79. The number of esters is 1. The van der Waals surface area contributed by atoms with Crippen LogP contribution in [0.4, 0.5) is 4.79 Å². The van der Waals surface area contributed by atoms with Gasteiger partial charge in [-0.15, -0.1) is 0 Å². The first kappa shape index (κ1) is 18.8. The Hall–Kier alpha value is -0.990. The van der Waals surface area contributed by atoms with Gasteiger partial charge in [-0.2, -0.15) is 11.8 Å². The lowest BCUT2D eigenvalue weighted by Crippen LogP contribution is -2.36. The molecular formula is C17H28N2O5S. The van der Waals surface area contributed by atoms with Crippen molar-refractivity contribution >= 4 is 23.8 Å². The number of hydrogen-bond acceptors (Lipinski definition) is 6. The minimum atomic E-state index is -0.150. The highest BCUT2D eigenvalue weighted by Crippen LogP contribution is 2.33. The van der Waals surface area contributed by atoms with Crippen LogP contribution in [-0.2, 0) is 19.0 Å². The predicted octanol–water partition coefficient (Wildman–Crippen LogP) is 1.45. The number of amides is 2. The van der Waals surface area contributed by atoms with E-state index < -0.39 is 0 Å². The molecule has 0 aromatic rings.